The summed E-state index contributed by atoms with van der Waals surface area (Å²) in [6, 6.07) is -0.324. The Morgan fingerprint density at radius 1 is 1.39 bits per heavy atom. The average Bonchev–Trinajstić information content (AvgIpc) is 2.24. The lowest BCUT2D eigenvalue weighted by Crippen LogP contribution is -2.53. The van der Waals surface area contributed by atoms with Crippen LogP contribution in [0.15, 0.2) is 0 Å². The van der Waals surface area contributed by atoms with Gasteiger partial charge in [-0.2, -0.15) is 11.8 Å². The van der Waals surface area contributed by atoms with Gasteiger partial charge in [-0.05, 0) is 6.92 Å². The van der Waals surface area contributed by atoms with E-state index in [1.807, 2.05) is 25.6 Å². The molecule has 3 unspecified atom stereocenters. The van der Waals surface area contributed by atoms with E-state index in [9.17, 15) is 14.7 Å². The Hall–Kier alpha value is -0.950. The molecule has 0 saturated carbocycles. The van der Waals surface area contributed by atoms with Crippen LogP contribution in [0.2, 0.25) is 0 Å². The maximum Gasteiger partial charge on any atom is 0.337 e. The molecule has 1 aliphatic rings. The van der Waals surface area contributed by atoms with Crippen molar-refractivity contribution in [1.29, 1.82) is 0 Å². The number of hydrogen-bond donors (Lipinski definition) is 3. The molecule has 3 atom stereocenters. The van der Waals surface area contributed by atoms with E-state index < -0.39 is 11.6 Å². The van der Waals surface area contributed by atoms with Gasteiger partial charge in [0.2, 0.25) is 0 Å². The fourth-order valence-corrected chi connectivity index (χ4v) is 3.10. The predicted molar refractivity (Wildman–Crippen MR) is 69.7 cm³/mol. The monoisotopic (exact) mass is 276 g/mol. The number of nitrogens with zero attached hydrogens (tertiary/aromatic N) is 1. The molecule has 0 aliphatic carbocycles. The van der Waals surface area contributed by atoms with E-state index in [1.54, 1.807) is 4.90 Å². The number of rotatable bonds is 3. The Balaban J connectivity index is 2.48. The molecule has 2 amide bonds. The molecule has 1 rings (SSSR count). The highest BCUT2D eigenvalue weighted by Crippen LogP contribution is 2.24. The van der Waals surface area contributed by atoms with Crippen LogP contribution in [0, 0.1) is 0 Å². The fourth-order valence-electron chi connectivity index (χ4n) is 1.78. The summed E-state index contributed by atoms with van der Waals surface area (Å²) in [4.78, 5) is 24.2. The van der Waals surface area contributed by atoms with Crippen LogP contribution in [-0.4, -0.2) is 62.8 Å². The van der Waals surface area contributed by atoms with E-state index in [4.69, 9.17) is 5.11 Å². The highest BCUT2D eigenvalue weighted by Gasteiger charge is 2.32. The molecule has 0 bridgehead atoms. The van der Waals surface area contributed by atoms with Gasteiger partial charge in [0.1, 0.15) is 0 Å². The van der Waals surface area contributed by atoms with Gasteiger partial charge in [0, 0.05) is 23.6 Å². The number of carbonyl (C=O) groups excluding carboxylic acids is 1. The Morgan fingerprint density at radius 3 is 2.33 bits per heavy atom. The molecule has 18 heavy (non-hydrogen) atoms. The van der Waals surface area contributed by atoms with Crippen LogP contribution < -0.4 is 5.32 Å². The van der Waals surface area contributed by atoms with Crippen LogP contribution in [-0.2, 0) is 4.79 Å². The third-order valence-corrected chi connectivity index (χ3v) is 3.98. The largest absolute Gasteiger partial charge is 0.479 e. The quantitative estimate of drug-likeness (QED) is 0.692. The molecule has 104 valence electrons. The number of aliphatic hydroxyl groups is 1. The van der Waals surface area contributed by atoms with E-state index >= 15 is 0 Å². The molecular formula is C11H20N2O4S. The Bertz CT molecular complexity index is 325. The van der Waals surface area contributed by atoms with Crippen LogP contribution in [0.3, 0.4) is 0 Å². The number of carboxylic acids is 1. The zero-order chi connectivity index (χ0) is 13.9. The number of aliphatic carboxylic acids is 1. The first-order chi connectivity index (χ1) is 8.22. The molecular weight excluding hydrogens is 256 g/mol. The molecule has 1 saturated heterocycles. The Morgan fingerprint density at radius 2 is 1.89 bits per heavy atom. The molecule has 0 aromatic rings. The maximum absolute atomic E-state index is 11.9. The zero-order valence-corrected chi connectivity index (χ0v) is 11.7. The fraction of sp³-hybridized carbons (Fsp3) is 0.818. The average molecular weight is 276 g/mol. The smallest absolute Gasteiger partial charge is 0.337 e. The number of thioether (sulfide) groups is 1. The summed E-state index contributed by atoms with van der Waals surface area (Å²) in [6.45, 7) is 6.23. The summed E-state index contributed by atoms with van der Waals surface area (Å²) in [6.07, 6.45) is 0. The van der Waals surface area contributed by atoms with Crippen LogP contribution in [0.1, 0.15) is 20.8 Å². The predicted octanol–water partition coefficient (Wildman–Crippen LogP) is 0.357. The first-order valence-corrected chi connectivity index (χ1v) is 6.80. The minimum Gasteiger partial charge on any atom is -0.479 e. The van der Waals surface area contributed by atoms with Crippen LogP contribution >= 0.6 is 11.8 Å². The van der Waals surface area contributed by atoms with Crippen LogP contribution in [0.5, 0.6) is 0 Å². The Labute approximate surface area is 111 Å². The molecule has 0 aromatic carbocycles. The van der Waals surface area contributed by atoms with Gasteiger partial charge in [-0.25, -0.2) is 9.59 Å². The number of urea groups is 1. The summed E-state index contributed by atoms with van der Waals surface area (Å²) in [5.74, 6) is -1.35. The Kier molecular flexibility index (Phi) is 4.86. The van der Waals surface area contributed by atoms with Crippen molar-refractivity contribution in [1.82, 2.24) is 10.2 Å². The van der Waals surface area contributed by atoms with Gasteiger partial charge in [-0.3, -0.25) is 0 Å². The number of hydrogen-bond acceptors (Lipinski definition) is 4. The summed E-state index contributed by atoms with van der Waals surface area (Å²) in [5.41, 5.74) is -1.93. The zero-order valence-electron chi connectivity index (χ0n) is 10.8. The summed E-state index contributed by atoms with van der Waals surface area (Å²) in [5, 5.41) is 21.4. The van der Waals surface area contributed by atoms with Gasteiger partial charge < -0.3 is 20.4 Å². The van der Waals surface area contributed by atoms with Crippen molar-refractivity contribution in [3.8, 4) is 0 Å². The van der Waals surface area contributed by atoms with E-state index in [2.05, 4.69) is 5.32 Å². The lowest BCUT2D eigenvalue weighted by molar-refractivity contribution is -0.155. The van der Waals surface area contributed by atoms with Crippen LogP contribution in [0.25, 0.3) is 0 Å². The third-order valence-electron chi connectivity index (χ3n) is 2.75. The van der Waals surface area contributed by atoms with Crippen LogP contribution in [0.4, 0.5) is 4.79 Å². The first-order valence-electron chi connectivity index (χ1n) is 5.86. The van der Waals surface area contributed by atoms with Gasteiger partial charge in [0.25, 0.3) is 0 Å². The van der Waals surface area contributed by atoms with Crippen molar-refractivity contribution in [3.05, 3.63) is 0 Å². The standard InChI is InChI=1S/C11H20N2O4S/c1-7-4-13(5-8(2)18-7)10(16)12-6-11(3,17)9(14)15/h7-8,17H,4-6H2,1-3H3,(H,12,16)(H,14,15). The van der Waals surface area contributed by atoms with Gasteiger partial charge in [0.05, 0.1) is 6.54 Å². The normalized spacial score (nSPS) is 27.4. The van der Waals surface area contributed by atoms with Crippen molar-refractivity contribution in [2.45, 2.75) is 36.9 Å². The molecule has 1 heterocycles. The van der Waals surface area contributed by atoms with Gasteiger partial charge in [-0.1, -0.05) is 13.8 Å². The number of amides is 2. The molecule has 3 N–H and O–H groups in total. The SMILES string of the molecule is CC1CN(C(=O)NCC(C)(O)C(=O)O)CC(C)S1. The van der Waals surface area contributed by atoms with Crippen molar-refractivity contribution >= 4 is 23.8 Å². The third kappa shape index (κ3) is 4.06. The number of nitrogens with one attached hydrogen (secondary N) is 1. The van der Waals surface area contributed by atoms with Crippen molar-refractivity contribution in [2.75, 3.05) is 19.6 Å². The van der Waals surface area contributed by atoms with Gasteiger partial charge in [-0.15, -0.1) is 0 Å². The lowest BCUT2D eigenvalue weighted by Gasteiger charge is -2.35. The number of carboxylic acid groups (broad SMARTS) is 1. The second kappa shape index (κ2) is 5.79. The molecule has 0 spiro atoms. The molecule has 6 nitrogen and oxygen atoms in total. The van der Waals surface area contributed by atoms with Crippen molar-refractivity contribution in [2.24, 2.45) is 0 Å². The molecule has 0 aromatic heterocycles. The van der Waals surface area contributed by atoms with E-state index in [-0.39, 0.29) is 12.6 Å². The molecule has 1 aliphatic heterocycles. The molecule has 0 radical (unpaired) electrons. The van der Waals surface area contributed by atoms with E-state index in [0.29, 0.717) is 23.6 Å². The summed E-state index contributed by atoms with van der Waals surface area (Å²) in [7, 11) is 0. The van der Waals surface area contributed by atoms with Gasteiger partial charge >= 0.3 is 12.0 Å². The highest BCUT2D eigenvalue weighted by molar-refractivity contribution is 8.00. The highest BCUT2D eigenvalue weighted by atomic mass is 32.2. The second-order valence-corrected chi connectivity index (χ2v) is 6.78. The number of carbonyl (C=O) groups is 2. The van der Waals surface area contributed by atoms with E-state index in [0.717, 1.165) is 6.92 Å². The maximum atomic E-state index is 11.9. The lowest BCUT2D eigenvalue weighted by atomic mass is 10.1. The summed E-state index contributed by atoms with van der Waals surface area (Å²) >= 11 is 1.83. The molecule has 1 fully saturated rings. The van der Waals surface area contributed by atoms with Crippen molar-refractivity contribution < 1.29 is 19.8 Å². The summed E-state index contributed by atoms with van der Waals surface area (Å²) < 4.78 is 0. The minimum atomic E-state index is -1.93. The second-order valence-electron chi connectivity index (χ2n) is 4.90. The topological polar surface area (TPSA) is 89.9 Å². The van der Waals surface area contributed by atoms with Crippen molar-refractivity contribution in [3.63, 3.8) is 0 Å². The molecule has 7 heteroatoms. The first kappa shape index (κ1) is 15.1. The van der Waals surface area contributed by atoms with Gasteiger partial charge in [0.15, 0.2) is 5.60 Å². The minimum absolute atomic E-state index is 0.298. The van der Waals surface area contributed by atoms with E-state index in [1.165, 1.54) is 0 Å².